The van der Waals surface area contributed by atoms with E-state index in [0.717, 1.165) is 22.1 Å². The molecule has 0 radical (unpaired) electrons. The highest BCUT2D eigenvalue weighted by molar-refractivity contribution is 6.31. The average Bonchev–Trinajstić information content (AvgIpc) is 2.69. The number of rotatable bonds is 3. The number of anilines is 3. The van der Waals surface area contributed by atoms with Gasteiger partial charge in [-0.05, 0) is 41.8 Å². The van der Waals surface area contributed by atoms with Gasteiger partial charge in [0, 0.05) is 10.4 Å². The Morgan fingerprint density at radius 2 is 1.41 bits per heavy atom. The standard InChI is InChI=1S/C23H17ClN2O/c24-18-10-7-13-20(16-18)26(19-11-2-1-3-12-19)23(27)25-22-15-6-9-17-8-4-5-14-21(17)22/h1-16H,(H,25,27). The molecule has 4 rings (SSSR count). The second-order valence-corrected chi connectivity index (χ2v) is 6.54. The Hall–Kier alpha value is -3.30. The summed E-state index contributed by atoms with van der Waals surface area (Å²) in [6.07, 6.45) is 0. The van der Waals surface area contributed by atoms with E-state index in [0.29, 0.717) is 10.7 Å². The van der Waals surface area contributed by atoms with Crippen LogP contribution in [0.4, 0.5) is 21.9 Å². The minimum absolute atomic E-state index is 0.250. The fourth-order valence-corrected chi connectivity index (χ4v) is 3.27. The number of para-hydroxylation sites is 1. The largest absolute Gasteiger partial charge is 0.330 e. The van der Waals surface area contributed by atoms with Crippen LogP contribution < -0.4 is 10.2 Å². The Morgan fingerprint density at radius 1 is 0.741 bits per heavy atom. The van der Waals surface area contributed by atoms with Crippen molar-refractivity contribution in [1.29, 1.82) is 0 Å². The topological polar surface area (TPSA) is 32.3 Å². The maximum Gasteiger partial charge on any atom is 0.330 e. The highest BCUT2D eigenvalue weighted by Gasteiger charge is 2.19. The molecule has 0 aliphatic heterocycles. The first-order valence-electron chi connectivity index (χ1n) is 8.62. The number of amides is 2. The van der Waals surface area contributed by atoms with Crippen LogP contribution >= 0.6 is 11.6 Å². The third-order valence-electron chi connectivity index (χ3n) is 4.32. The number of hydrogen-bond donors (Lipinski definition) is 1. The molecular weight excluding hydrogens is 356 g/mol. The molecule has 0 aliphatic carbocycles. The summed E-state index contributed by atoms with van der Waals surface area (Å²) >= 11 is 6.16. The van der Waals surface area contributed by atoms with Crippen molar-refractivity contribution in [3.63, 3.8) is 0 Å². The molecule has 0 bridgehead atoms. The Morgan fingerprint density at radius 3 is 2.22 bits per heavy atom. The van der Waals surface area contributed by atoms with Gasteiger partial charge in [0.25, 0.3) is 0 Å². The molecule has 0 fully saturated rings. The maximum absolute atomic E-state index is 13.2. The molecule has 0 unspecified atom stereocenters. The summed E-state index contributed by atoms with van der Waals surface area (Å²) in [6.45, 7) is 0. The number of carbonyl (C=O) groups excluding carboxylic acids is 1. The van der Waals surface area contributed by atoms with Crippen molar-refractivity contribution < 1.29 is 4.79 Å². The number of fused-ring (bicyclic) bond motifs is 1. The lowest BCUT2D eigenvalue weighted by Crippen LogP contribution is -2.30. The molecule has 0 aliphatic rings. The van der Waals surface area contributed by atoms with Crippen LogP contribution in [0.2, 0.25) is 5.02 Å². The second-order valence-electron chi connectivity index (χ2n) is 6.11. The Balaban J connectivity index is 1.75. The van der Waals surface area contributed by atoms with Gasteiger partial charge in [0.05, 0.1) is 17.1 Å². The van der Waals surface area contributed by atoms with Gasteiger partial charge in [-0.2, -0.15) is 0 Å². The molecule has 0 atom stereocenters. The van der Waals surface area contributed by atoms with Gasteiger partial charge in [0.1, 0.15) is 0 Å². The van der Waals surface area contributed by atoms with Gasteiger partial charge in [0.15, 0.2) is 0 Å². The lowest BCUT2D eigenvalue weighted by molar-refractivity contribution is 0.259. The quantitative estimate of drug-likeness (QED) is 0.418. The van der Waals surface area contributed by atoms with Gasteiger partial charge < -0.3 is 5.32 Å². The van der Waals surface area contributed by atoms with Gasteiger partial charge in [-0.3, -0.25) is 4.90 Å². The van der Waals surface area contributed by atoms with Gasteiger partial charge in [-0.1, -0.05) is 72.3 Å². The van der Waals surface area contributed by atoms with Crippen molar-refractivity contribution in [1.82, 2.24) is 0 Å². The summed E-state index contributed by atoms with van der Waals surface area (Å²) in [5.74, 6) is 0. The minimum atomic E-state index is -0.250. The fourth-order valence-electron chi connectivity index (χ4n) is 3.08. The summed E-state index contributed by atoms with van der Waals surface area (Å²) in [6, 6.07) is 30.3. The summed E-state index contributed by atoms with van der Waals surface area (Å²) in [4.78, 5) is 14.9. The van der Waals surface area contributed by atoms with E-state index < -0.39 is 0 Å². The second kappa shape index (κ2) is 7.52. The number of nitrogens with one attached hydrogen (secondary N) is 1. The molecular formula is C23H17ClN2O. The van der Waals surface area contributed by atoms with Crippen LogP contribution in [0.1, 0.15) is 0 Å². The van der Waals surface area contributed by atoms with Gasteiger partial charge >= 0.3 is 6.03 Å². The molecule has 0 saturated carbocycles. The van der Waals surface area contributed by atoms with E-state index in [1.165, 1.54) is 0 Å². The highest BCUT2D eigenvalue weighted by Crippen LogP contribution is 2.30. The fraction of sp³-hybridized carbons (Fsp3) is 0. The van der Waals surface area contributed by atoms with Gasteiger partial charge in [-0.25, -0.2) is 4.79 Å². The molecule has 4 aromatic carbocycles. The normalized spacial score (nSPS) is 10.6. The molecule has 0 aromatic heterocycles. The molecule has 1 N–H and O–H groups in total. The van der Waals surface area contributed by atoms with Crippen molar-refractivity contribution >= 4 is 45.5 Å². The van der Waals surface area contributed by atoms with Crippen LogP contribution in [0.3, 0.4) is 0 Å². The predicted molar refractivity (Wildman–Crippen MR) is 113 cm³/mol. The number of urea groups is 1. The Bertz CT molecular complexity index is 1090. The smallest absolute Gasteiger partial charge is 0.307 e. The van der Waals surface area contributed by atoms with Crippen molar-refractivity contribution in [3.8, 4) is 0 Å². The molecule has 4 heteroatoms. The van der Waals surface area contributed by atoms with Crippen molar-refractivity contribution in [2.45, 2.75) is 0 Å². The van der Waals surface area contributed by atoms with Crippen LogP contribution in [-0.4, -0.2) is 6.03 Å². The lowest BCUT2D eigenvalue weighted by Gasteiger charge is -2.24. The van der Waals surface area contributed by atoms with Crippen LogP contribution in [0.15, 0.2) is 97.1 Å². The van der Waals surface area contributed by atoms with E-state index >= 15 is 0 Å². The molecule has 0 saturated heterocycles. The zero-order chi connectivity index (χ0) is 18.6. The highest BCUT2D eigenvalue weighted by atomic mass is 35.5. The molecule has 132 valence electrons. The Labute approximate surface area is 162 Å². The first-order chi connectivity index (χ1) is 13.2. The molecule has 3 nitrogen and oxygen atoms in total. The summed E-state index contributed by atoms with van der Waals surface area (Å²) < 4.78 is 0. The third kappa shape index (κ3) is 3.64. The number of hydrogen-bond acceptors (Lipinski definition) is 1. The summed E-state index contributed by atoms with van der Waals surface area (Å²) in [5.41, 5.74) is 2.23. The number of carbonyl (C=O) groups is 1. The monoisotopic (exact) mass is 372 g/mol. The van der Waals surface area contributed by atoms with E-state index in [4.69, 9.17) is 11.6 Å². The van der Waals surface area contributed by atoms with E-state index in [-0.39, 0.29) is 6.03 Å². The van der Waals surface area contributed by atoms with Crippen LogP contribution in [0, 0.1) is 0 Å². The first-order valence-corrected chi connectivity index (χ1v) is 9.00. The maximum atomic E-state index is 13.2. The predicted octanol–water partition coefficient (Wildman–Crippen LogP) is 6.86. The Kier molecular flexibility index (Phi) is 4.77. The molecule has 27 heavy (non-hydrogen) atoms. The van der Waals surface area contributed by atoms with Crippen LogP contribution in [0.25, 0.3) is 10.8 Å². The van der Waals surface area contributed by atoms with E-state index in [1.807, 2.05) is 84.9 Å². The van der Waals surface area contributed by atoms with Gasteiger partial charge in [0.2, 0.25) is 0 Å². The van der Waals surface area contributed by atoms with Crippen molar-refractivity contribution in [2.75, 3.05) is 10.2 Å². The van der Waals surface area contributed by atoms with E-state index in [1.54, 1.807) is 17.0 Å². The van der Waals surface area contributed by atoms with Gasteiger partial charge in [-0.15, -0.1) is 0 Å². The zero-order valence-electron chi connectivity index (χ0n) is 14.5. The lowest BCUT2D eigenvalue weighted by atomic mass is 10.1. The third-order valence-corrected chi connectivity index (χ3v) is 4.55. The number of benzene rings is 4. The zero-order valence-corrected chi connectivity index (χ0v) is 15.2. The first kappa shape index (κ1) is 17.1. The minimum Gasteiger partial charge on any atom is -0.307 e. The van der Waals surface area contributed by atoms with Crippen LogP contribution in [-0.2, 0) is 0 Å². The summed E-state index contributed by atoms with van der Waals surface area (Å²) in [5, 5.41) is 5.69. The van der Waals surface area contributed by atoms with E-state index in [2.05, 4.69) is 5.32 Å². The number of halogens is 1. The average molecular weight is 373 g/mol. The molecule has 0 spiro atoms. The molecule has 0 heterocycles. The van der Waals surface area contributed by atoms with Crippen LogP contribution in [0.5, 0.6) is 0 Å². The summed E-state index contributed by atoms with van der Waals surface area (Å²) in [7, 11) is 0. The van der Waals surface area contributed by atoms with E-state index in [9.17, 15) is 4.79 Å². The SMILES string of the molecule is O=C(Nc1cccc2ccccc12)N(c1ccccc1)c1cccc(Cl)c1. The van der Waals surface area contributed by atoms with Crippen molar-refractivity contribution in [3.05, 3.63) is 102 Å². The molecule has 4 aromatic rings. The number of nitrogens with zero attached hydrogens (tertiary/aromatic N) is 1. The van der Waals surface area contributed by atoms with Crippen molar-refractivity contribution in [2.24, 2.45) is 0 Å². The molecule has 2 amide bonds.